The molecule has 2 unspecified atom stereocenters. The topological polar surface area (TPSA) is 52.7 Å². The number of hydrogen-bond donors (Lipinski definition) is 1. The third kappa shape index (κ3) is 2.40. The summed E-state index contributed by atoms with van der Waals surface area (Å²) in [4.78, 5) is 0. The lowest BCUT2D eigenvalue weighted by Crippen LogP contribution is -2.58. The van der Waals surface area contributed by atoms with Crippen molar-refractivity contribution in [2.75, 3.05) is 26.2 Å². The van der Waals surface area contributed by atoms with Gasteiger partial charge in [0.05, 0.1) is 0 Å². The maximum Gasteiger partial charge on any atom is 0.282 e. The van der Waals surface area contributed by atoms with Gasteiger partial charge in [-0.25, -0.2) is 0 Å². The lowest BCUT2D eigenvalue weighted by atomic mass is 10.2. The number of nitrogens with one attached hydrogen (secondary N) is 1. The van der Waals surface area contributed by atoms with Gasteiger partial charge in [-0.3, -0.25) is 0 Å². The lowest BCUT2D eigenvalue weighted by molar-refractivity contribution is 0.248. The molecule has 94 valence electrons. The highest BCUT2D eigenvalue weighted by Crippen LogP contribution is 2.18. The molecule has 2 aliphatic heterocycles. The number of rotatable bonds is 2. The SMILES string of the molecule is CC1CN(S(=O)(=O)N2CCCC2)CC(C)N1. The predicted octanol–water partition coefficient (Wildman–Crippen LogP) is 0.00920. The van der Waals surface area contributed by atoms with Gasteiger partial charge in [-0.1, -0.05) is 0 Å². The Balaban J connectivity index is 2.10. The molecular weight excluding hydrogens is 226 g/mol. The monoisotopic (exact) mass is 247 g/mol. The minimum absolute atomic E-state index is 0.237. The second-order valence-electron chi connectivity index (χ2n) is 4.90. The molecule has 0 aromatic heterocycles. The van der Waals surface area contributed by atoms with E-state index in [0.29, 0.717) is 26.2 Å². The fraction of sp³-hybridized carbons (Fsp3) is 1.00. The molecule has 1 N–H and O–H groups in total. The summed E-state index contributed by atoms with van der Waals surface area (Å²) in [5.41, 5.74) is 0. The maximum atomic E-state index is 12.3. The molecule has 2 saturated heterocycles. The summed E-state index contributed by atoms with van der Waals surface area (Å²) in [6.07, 6.45) is 1.99. The van der Waals surface area contributed by atoms with E-state index in [1.54, 1.807) is 8.61 Å². The Kier molecular flexibility index (Phi) is 3.53. The lowest BCUT2D eigenvalue weighted by Gasteiger charge is -2.37. The van der Waals surface area contributed by atoms with E-state index in [1.165, 1.54) is 0 Å². The summed E-state index contributed by atoms with van der Waals surface area (Å²) in [5, 5.41) is 3.35. The van der Waals surface area contributed by atoms with Crippen LogP contribution >= 0.6 is 0 Å². The fourth-order valence-electron chi connectivity index (χ4n) is 2.55. The van der Waals surface area contributed by atoms with E-state index >= 15 is 0 Å². The van der Waals surface area contributed by atoms with Gasteiger partial charge in [0.25, 0.3) is 10.2 Å². The Labute approximate surface area is 98.0 Å². The highest BCUT2D eigenvalue weighted by molar-refractivity contribution is 7.86. The first-order valence-corrected chi connectivity index (χ1v) is 7.41. The molecule has 2 rings (SSSR count). The summed E-state index contributed by atoms with van der Waals surface area (Å²) < 4.78 is 27.9. The molecule has 2 heterocycles. The van der Waals surface area contributed by atoms with Crippen molar-refractivity contribution in [3.8, 4) is 0 Å². The molecular formula is C10H21N3O2S. The molecule has 0 spiro atoms. The first-order valence-electron chi connectivity index (χ1n) is 6.01. The average Bonchev–Trinajstić information content (AvgIpc) is 2.69. The molecule has 2 atom stereocenters. The van der Waals surface area contributed by atoms with Crippen molar-refractivity contribution in [3.05, 3.63) is 0 Å². The normalized spacial score (nSPS) is 34.4. The van der Waals surface area contributed by atoms with Gasteiger partial charge in [-0.15, -0.1) is 0 Å². The van der Waals surface area contributed by atoms with Crippen LogP contribution in [0.5, 0.6) is 0 Å². The van der Waals surface area contributed by atoms with E-state index in [-0.39, 0.29) is 12.1 Å². The molecule has 2 fully saturated rings. The van der Waals surface area contributed by atoms with Gasteiger partial charge in [-0.05, 0) is 26.7 Å². The minimum atomic E-state index is -3.20. The molecule has 0 radical (unpaired) electrons. The Hall–Kier alpha value is -0.170. The Morgan fingerprint density at radius 2 is 1.50 bits per heavy atom. The van der Waals surface area contributed by atoms with Crippen molar-refractivity contribution < 1.29 is 8.42 Å². The van der Waals surface area contributed by atoms with E-state index in [9.17, 15) is 8.42 Å². The van der Waals surface area contributed by atoms with Gasteiger partial charge in [0.2, 0.25) is 0 Å². The predicted molar refractivity (Wildman–Crippen MR) is 63.4 cm³/mol. The van der Waals surface area contributed by atoms with Gasteiger partial charge in [-0.2, -0.15) is 17.0 Å². The van der Waals surface area contributed by atoms with Gasteiger partial charge >= 0.3 is 0 Å². The van der Waals surface area contributed by atoms with Crippen molar-refractivity contribution >= 4 is 10.2 Å². The van der Waals surface area contributed by atoms with E-state index in [4.69, 9.17) is 0 Å². The van der Waals surface area contributed by atoms with Crippen LogP contribution in [0.3, 0.4) is 0 Å². The van der Waals surface area contributed by atoms with E-state index in [1.807, 2.05) is 13.8 Å². The fourth-order valence-corrected chi connectivity index (χ4v) is 4.42. The second kappa shape index (κ2) is 4.60. The van der Waals surface area contributed by atoms with Crippen LogP contribution in [0, 0.1) is 0 Å². The summed E-state index contributed by atoms with van der Waals surface area (Å²) in [6.45, 7) is 6.61. The number of nitrogens with zero attached hydrogens (tertiary/aromatic N) is 2. The molecule has 16 heavy (non-hydrogen) atoms. The Bertz CT molecular complexity index is 328. The average molecular weight is 247 g/mol. The third-order valence-corrected chi connectivity index (χ3v) is 5.21. The van der Waals surface area contributed by atoms with Crippen LogP contribution < -0.4 is 5.32 Å². The van der Waals surface area contributed by atoms with Crippen LogP contribution in [-0.2, 0) is 10.2 Å². The molecule has 0 bridgehead atoms. The van der Waals surface area contributed by atoms with E-state index in [2.05, 4.69) is 5.32 Å². The van der Waals surface area contributed by atoms with Crippen LogP contribution in [0.2, 0.25) is 0 Å². The largest absolute Gasteiger partial charge is 0.309 e. The standard InChI is InChI=1S/C10H21N3O2S/c1-9-7-13(8-10(2)11-9)16(14,15)12-5-3-4-6-12/h9-11H,3-8H2,1-2H3. The third-order valence-electron chi connectivity index (χ3n) is 3.24. The van der Waals surface area contributed by atoms with Crippen LogP contribution in [-0.4, -0.2) is 55.3 Å². The maximum absolute atomic E-state index is 12.3. The van der Waals surface area contributed by atoms with Gasteiger partial charge < -0.3 is 5.32 Å². The molecule has 0 amide bonds. The molecule has 0 saturated carbocycles. The smallest absolute Gasteiger partial charge is 0.282 e. The first kappa shape index (κ1) is 12.3. The van der Waals surface area contributed by atoms with Crippen LogP contribution in [0.4, 0.5) is 0 Å². The Morgan fingerprint density at radius 3 is 2.00 bits per heavy atom. The van der Waals surface area contributed by atoms with E-state index in [0.717, 1.165) is 12.8 Å². The van der Waals surface area contributed by atoms with E-state index < -0.39 is 10.2 Å². The minimum Gasteiger partial charge on any atom is -0.309 e. The number of hydrogen-bond acceptors (Lipinski definition) is 3. The Morgan fingerprint density at radius 1 is 1.00 bits per heavy atom. The molecule has 6 heteroatoms. The van der Waals surface area contributed by atoms with Gasteiger partial charge in [0, 0.05) is 38.3 Å². The first-order chi connectivity index (χ1) is 7.50. The van der Waals surface area contributed by atoms with Crippen molar-refractivity contribution in [1.29, 1.82) is 0 Å². The molecule has 0 aliphatic carbocycles. The molecule has 0 aromatic rings. The highest BCUT2D eigenvalue weighted by Gasteiger charge is 2.35. The molecule has 2 aliphatic rings. The highest BCUT2D eigenvalue weighted by atomic mass is 32.2. The summed E-state index contributed by atoms with van der Waals surface area (Å²) in [6, 6.07) is 0.474. The summed E-state index contributed by atoms with van der Waals surface area (Å²) in [5.74, 6) is 0. The van der Waals surface area contributed by atoms with Gasteiger partial charge in [0.15, 0.2) is 0 Å². The van der Waals surface area contributed by atoms with Crippen molar-refractivity contribution in [2.45, 2.75) is 38.8 Å². The second-order valence-corrected chi connectivity index (χ2v) is 6.83. The van der Waals surface area contributed by atoms with Crippen molar-refractivity contribution in [3.63, 3.8) is 0 Å². The zero-order valence-electron chi connectivity index (χ0n) is 10.0. The van der Waals surface area contributed by atoms with Gasteiger partial charge in [0.1, 0.15) is 0 Å². The summed E-state index contributed by atoms with van der Waals surface area (Å²) >= 11 is 0. The quantitative estimate of drug-likeness (QED) is 0.748. The molecule has 0 aromatic carbocycles. The van der Waals surface area contributed by atoms with Crippen LogP contribution in [0.15, 0.2) is 0 Å². The van der Waals surface area contributed by atoms with Crippen LogP contribution in [0.1, 0.15) is 26.7 Å². The van der Waals surface area contributed by atoms with Crippen LogP contribution in [0.25, 0.3) is 0 Å². The summed E-state index contributed by atoms with van der Waals surface area (Å²) in [7, 11) is -3.20. The zero-order chi connectivity index (χ0) is 11.8. The van der Waals surface area contributed by atoms with Crippen molar-refractivity contribution in [1.82, 2.24) is 13.9 Å². The van der Waals surface area contributed by atoms with Crippen molar-refractivity contribution in [2.24, 2.45) is 0 Å². The number of piperazine rings is 1. The molecule has 5 nitrogen and oxygen atoms in total. The zero-order valence-corrected chi connectivity index (χ0v) is 10.8.